The first-order chi connectivity index (χ1) is 9.04. The molecule has 0 bridgehead atoms. The zero-order valence-electron chi connectivity index (χ0n) is 10.4. The SMILES string of the molecule is O=C(O)CC1CCCN(Cc2csc([N+](=O)[O-])c2)C1. The van der Waals surface area contributed by atoms with E-state index < -0.39 is 5.97 Å². The first-order valence-electron chi connectivity index (χ1n) is 6.20. The molecule has 1 fully saturated rings. The second-order valence-electron chi connectivity index (χ2n) is 4.89. The second-order valence-corrected chi connectivity index (χ2v) is 5.78. The van der Waals surface area contributed by atoms with Crippen LogP contribution in [0.1, 0.15) is 24.8 Å². The number of carboxylic acid groups (broad SMARTS) is 1. The molecule has 0 amide bonds. The van der Waals surface area contributed by atoms with Gasteiger partial charge in [-0.15, -0.1) is 0 Å². The summed E-state index contributed by atoms with van der Waals surface area (Å²) in [4.78, 5) is 23.1. The average Bonchev–Trinajstić information content (AvgIpc) is 2.77. The summed E-state index contributed by atoms with van der Waals surface area (Å²) < 4.78 is 0. The van der Waals surface area contributed by atoms with E-state index in [9.17, 15) is 14.9 Å². The van der Waals surface area contributed by atoms with Gasteiger partial charge < -0.3 is 5.11 Å². The van der Waals surface area contributed by atoms with Crippen molar-refractivity contribution in [1.82, 2.24) is 4.90 Å². The largest absolute Gasteiger partial charge is 0.481 e. The lowest BCUT2D eigenvalue weighted by molar-refractivity contribution is -0.380. The molecule has 19 heavy (non-hydrogen) atoms. The molecular weight excluding hydrogens is 268 g/mol. The van der Waals surface area contributed by atoms with E-state index >= 15 is 0 Å². The topological polar surface area (TPSA) is 83.7 Å². The van der Waals surface area contributed by atoms with Crippen LogP contribution in [-0.4, -0.2) is 34.0 Å². The predicted octanol–water partition coefficient (Wildman–Crippen LogP) is 2.34. The Kier molecular flexibility index (Phi) is 4.49. The number of carbonyl (C=O) groups is 1. The minimum atomic E-state index is -0.752. The Morgan fingerprint density at radius 2 is 2.42 bits per heavy atom. The van der Waals surface area contributed by atoms with Gasteiger partial charge in [0.05, 0.1) is 4.92 Å². The molecule has 1 aromatic rings. The standard InChI is InChI=1S/C12H16N2O4S/c15-12(16)5-9-2-1-3-13(6-9)7-10-4-11(14(17)18)19-8-10/h4,8-9H,1-3,5-7H2,(H,15,16). The Balaban J connectivity index is 1.90. The molecule has 104 valence electrons. The van der Waals surface area contributed by atoms with E-state index in [1.165, 1.54) is 0 Å². The van der Waals surface area contributed by atoms with Gasteiger partial charge in [0.15, 0.2) is 0 Å². The number of hydrogen-bond acceptors (Lipinski definition) is 5. The van der Waals surface area contributed by atoms with Crippen LogP contribution in [0.5, 0.6) is 0 Å². The lowest BCUT2D eigenvalue weighted by atomic mass is 9.95. The Bertz CT molecular complexity index is 474. The highest BCUT2D eigenvalue weighted by atomic mass is 32.1. The van der Waals surface area contributed by atoms with Gasteiger partial charge in [-0.05, 0) is 30.9 Å². The number of piperidine rings is 1. The van der Waals surface area contributed by atoms with E-state index in [1.807, 2.05) is 0 Å². The fraction of sp³-hybridized carbons (Fsp3) is 0.583. The highest BCUT2D eigenvalue weighted by Crippen LogP contribution is 2.26. The summed E-state index contributed by atoms with van der Waals surface area (Å²) in [7, 11) is 0. The summed E-state index contributed by atoms with van der Waals surface area (Å²) in [5.41, 5.74) is 0.938. The van der Waals surface area contributed by atoms with E-state index in [4.69, 9.17) is 5.11 Å². The summed E-state index contributed by atoms with van der Waals surface area (Å²) in [5.74, 6) is -0.558. The van der Waals surface area contributed by atoms with Crippen LogP contribution in [0.3, 0.4) is 0 Å². The van der Waals surface area contributed by atoms with Crippen LogP contribution >= 0.6 is 11.3 Å². The Labute approximate surface area is 114 Å². The number of thiophene rings is 1. The number of hydrogen-bond donors (Lipinski definition) is 1. The number of nitrogens with zero attached hydrogens (tertiary/aromatic N) is 2. The normalized spacial score (nSPS) is 20.3. The highest BCUT2D eigenvalue weighted by Gasteiger charge is 2.22. The van der Waals surface area contributed by atoms with Crippen LogP contribution < -0.4 is 0 Å². The highest BCUT2D eigenvalue weighted by molar-refractivity contribution is 7.13. The first kappa shape index (κ1) is 14.0. The molecule has 1 unspecified atom stereocenters. The molecule has 1 aromatic heterocycles. The first-order valence-corrected chi connectivity index (χ1v) is 7.08. The molecule has 2 heterocycles. The van der Waals surface area contributed by atoms with Gasteiger partial charge in [0.2, 0.25) is 0 Å². The Hall–Kier alpha value is -1.47. The van der Waals surface area contributed by atoms with Gasteiger partial charge in [0, 0.05) is 31.0 Å². The summed E-state index contributed by atoms with van der Waals surface area (Å²) in [5, 5.41) is 21.4. The van der Waals surface area contributed by atoms with Crippen molar-refractivity contribution < 1.29 is 14.8 Å². The van der Waals surface area contributed by atoms with E-state index in [2.05, 4.69) is 4.90 Å². The maximum Gasteiger partial charge on any atom is 0.324 e. The number of nitro groups is 1. The maximum atomic E-state index is 10.7. The van der Waals surface area contributed by atoms with E-state index in [-0.39, 0.29) is 22.3 Å². The van der Waals surface area contributed by atoms with Crippen molar-refractivity contribution in [2.75, 3.05) is 13.1 Å². The summed E-state index contributed by atoms with van der Waals surface area (Å²) in [6.07, 6.45) is 2.15. The molecule has 0 aliphatic carbocycles. The van der Waals surface area contributed by atoms with Crippen molar-refractivity contribution in [1.29, 1.82) is 0 Å². The van der Waals surface area contributed by atoms with Crippen LogP contribution in [0.4, 0.5) is 5.00 Å². The van der Waals surface area contributed by atoms with Crippen LogP contribution in [0, 0.1) is 16.0 Å². The van der Waals surface area contributed by atoms with Crippen LogP contribution in [0.2, 0.25) is 0 Å². The van der Waals surface area contributed by atoms with Crippen LogP contribution in [0.25, 0.3) is 0 Å². The number of rotatable bonds is 5. The molecule has 1 aliphatic rings. The lowest BCUT2D eigenvalue weighted by Gasteiger charge is -2.31. The molecule has 7 heteroatoms. The quantitative estimate of drug-likeness (QED) is 0.662. The molecule has 1 saturated heterocycles. The average molecular weight is 284 g/mol. The molecule has 0 radical (unpaired) electrons. The lowest BCUT2D eigenvalue weighted by Crippen LogP contribution is -2.35. The van der Waals surface area contributed by atoms with E-state index in [1.54, 1.807) is 11.4 Å². The maximum absolute atomic E-state index is 10.7. The number of likely N-dealkylation sites (tertiary alicyclic amines) is 1. The van der Waals surface area contributed by atoms with Gasteiger partial charge in [-0.1, -0.05) is 11.3 Å². The Morgan fingerprint density at radius 1 is 1.63 bits per heavy atom. The number of aliphatic carboxylic acids is 1. The van der Waals surface area contributed by atoms with Gasteiger partial charge >= 0.3 is 11.0 Å². The van der Waals surface area contributed by atoms with Crippen molar-refractivity contribution >= 4 is 22.3 Å². The molecular formula is C12H16N2O4S. The Morgan fingerprint density at radius 3 is 3.05 bits per heavy atom. The minimum Gasteiger partial charge on any atom is -0.481 e. The minimum absolute atomic E-state index is 0.161. The molecule has 1 atom stereocenters. The van der Waals surface area contributed by atoms with Gasteiger partial charge in [-0.25, -0.2) is 0 Å². The molecule has 0 spiro atoms. The molecule has 1 aliphatic heterocycles. The van der Waals surface area contributed by atoms with Crippen molar-refractivity contribution in [3.63, 3.8) is 0 Å². The van der Waals surface area contributed by atoms with Crippen molar-refractivity contribution in [3.05, 3.63) is 27.1 Å². The van der Waals surface area contributed by atoms with Gasteiger partial charge in [-0.2, -0.15) is 0 Å². The van der Waals surface area contributed by atoms with Gasteiger partial charge in [0.1, 0.15) is 0 Å². The van der Waals surface area contributed by atoms with E-state index in [0.29, 0.717) is 6.54 Å². The predicted molar refractivity (Wildman–Crippen MR) is 71.2 cm³/mol. The van der Waals surface area contributed by atoms with Crippen LogP contribution in [0.15, 0.2) is 11.4 Å². The third-order valence-electron chi connectivity index (χ3n) is 3.29. The zero-order chi connectivity index (χ0) is 13.8. The molecule has 2 rings (SSSR count). The monoisotopic (exact) mass is 284 g/mol. The van der Waals surface area contributed by atoms with Gasteiger partial charge in [0.25, 0.3) is 0 Å². The summed E-state index contributed by atoms with van der Waals surface area (Å²) in [6.45, 7) is 2.36. The van der Waals surface area contributed by atoms with Gasteiger partial charge in [-0.3, -0.25) is 19.8 Å². The fourth-order valence-corrected chi connectivity index (χ4v) is 3.23. The third kappa shape index (κ3) is 4.00. The molecule has 0 aromatic carbocycles. The van der Waals surface area contributed by atoms with Crippen molar-refractivity contribution in [2.24, 2.45) is 5.92 Å². The van der Waals surface area contributed by atoms with Crippen molar-refractivity contribution in [2.45, 2.75) is 25.8 Å². The zero-order valence-corrected chi connectivity index (χ0v) is 11.3. The number of carboxylic acids is 1. The van der Waals surface area contributed by atoms with Crippen molar-refractivity contribution in [3.8, 4) is 0 Å². The van der Waals surface area contributed by atoms with Crippen LogP contribution in [-0.2, 0) is 11.3 Å². The summed E-state index contributed by atoms with van der Waals surface area (Å²) in [6, 6.07) is 1.60. The molecule has 0 saturated carbocycles. The molecule has 6 nitrogen and oxygen atoms in total. The smallest absolute Gasteiger partial charge is 0.324 e. The second kappa shape index (κ2) is 6.12. The van der Waals surface area contributed by atoms with E-state index in [0.717, 1.165) is 42.8 Å². The third-order valence-corrected chi connectivity index (χ3v) is 4.22. The summed E-state index contributed by atoms with van der Waals surface area (Å²) >= 11 is 1.14. The molecule has 1 N–H and O–H groups in total. The fourth-order valence-electron chi connectivity index (χ4n) is 2.51.